The van der Waals surface area contributed by atoms with E-state index < -0.39 is 0 Å². The molecule has 0 saturated heterocycles. The van der Waals surface area contributed by atoms with Crippen molar-refractivity contribution in [2.75, 3.05) is 0 Å². The summed E-state index contributed by atoms with van der Waals surface area (Å²) in [6.45, 7) is 2.92. The Hall–Kier alpha value is -2.30. The van der Waals surface area contributed by atoms with Gasteiger partial charge in [-0.3, -0.25) is 4.68 Å². The summed E-state index contributed by atoms with van der Waals surface area (Å²) in [4.78, 5) is 0. The predicted molar refractivity (Wildman–Crippen MR) is 94.2 cm³/mol. The Morgan fingerprint density at radius 3 is 2.62 bits per heavy atom. The minimum absolute atomic E-state index is 0.0687. The molecule has 0 amide bonds. The standard InChI is InChI=1S/C19H19ClN2O2/c1-14-9-18(12-23)21-22(14)11-16-10-17(20)7-8-19(16)24-13-15-5-3-2-4-6-15/h2-10,23H,11-13H2,1H3. The van der Waals surface area contributed by atoms with Gasteiger partial charge in [0.15, 0.2) is 0 Å². The summed E-state index contributed by atoms with van der Waals surface area (Å²) in [5, 5.41) is 14.3. The van der Waals surface area contributed by atoms with Gasteiger partial charge in [0.2, 0.25) is 0 Å². The van der Waals surface area contributed by atoms with Gasteiger partial charge < -0.3 is 9.84 Å². The molecule has 3 rings (SSSR count). The van der Waals surface area contributed by atoms with E-state index in [1.54, 1.807) is 0 Å². The van der Waals surface area contributed by atoms with E-state index in [9.17, 15) is 5.11 Å². The highest BCUT2D eigenvalue weighted by Gasteiger charge is 2.10. The van der Waals surface area contributed by atoms with Gasteiger partial charge >= 0.3 is 0 Å². The number of nitrogens with zero attached hydrogens (tertiary/aromatic N) is 2. The fourth-order valence-electron chi connectivity index (χ4n) is 2.52. The minimum Gasteiger partial charge on any atom is -0.489 e. The molecule has 3 aromatic rings. The van der Waals surface area contributed by atoms with Gasteiger partial charge in [0.1, 0.15) is 12.4 Å². The predicted octanol–water partition coefficient (Wildman–Crippen LogP) is 3.96. The molecule has 0 aliphatic carbocycles. The van der Waals surface area contributed by atoms with E-state index in [-0.39, 0.29) is 6.61 Å². The summed E-state index contributed by atoms with van der Waals surface area (Å²) in [5.41, 5.74) is 3.69. The number of halogens is 1. The first kappa shape index (κ1) is 16.6. The molecule has 0 spiro atoms. The van der Waals surface area contributed by atoms with Crippen LogP contribution in [0.5, 0.6) is 5.75 Å². The third-order valence-corrected chi connectivity index (χ3v) is 4.01. The van der Waals surface area contributed by atoms with Crippen LogP contribution in [0.1, 0.15) is 22.5 Å². The van der Waals surface area contributed by atoms with E-state index in [2.05, 4.69) is 5.10 Å². The molecule has 24 heavy (non-hydrogen) atoms. The molecule has 0 aliphatic rings. The fourth-order valence-corrected chi connectivity index (χ4v) is 2.72. The first-order valence-corrected chi connectivity index (χ1v) is 8.13. The lowest BCUT2D eigenvalue weighted by molar-refractivity contribution is 0.275. The lowest BCUT2D eigenvalue weighted by Gasteiger charge is -2.13. The SMILES string of the molecule is Cc1cc(CO)nn1Cc1cc(Cl)ccc1OCc1ccccc1. The van der Waals surface area contributed by atoms with E-state index in [1.165, 1.54) is 0 Å². The Kier molecular flexibility index (Phi) is 5.18. The largest absolute Gasteiger partial charge is 0.489 e. The number of aliphatic hydroxyl groups is 1. The van der Waals surface area contributed by atoms with Crippen molar-refractivity contribution in [1.82, 2.24) is 9.78 Å². The molecule has 0 radical (unpaired) electrons. The Morgan fingerprint density at radius 1 is 1.12 bits per heavy atom. The van der Waals surface area contributed by atoms with Gasteiger partial charge in [0, 0.05) is 16.3 Å². The number of benzene rings is 2. The monoisotopic (exact) mass is 342 g/mol. The Labute approximate surface area is 146 Å². The highest BCUT2D eigenvalue weighted by Crippen LogP contribution is 2.25. The third kappa shape index (κ3) is 3.96. The van der Waals surface area contributed by atoms with Crippen LogP contribution >= 0.6 is 11.6 Å². The molecule has 5 heteroatoms. The lowest BCUT2D eigenvalue weighted by atomic mass is 10.2. The van der Waals surface area contributed by atoms with Crippen molar-refractivity contribution >= 4 is 11.6 Å². The van der Waals surface area contributed by atoms with Gasteiger partial charge in [-0.1, -0.05) is 41.9 Å². The lowest BCUT2D eigenvalue weighted by Crippen LogP contribution is -2.07. The summed E-state index contributed by atoms with van der Waals surface area (Å²) in [6, 6.07) is 17.5. The smallest absolute Gasteiger partial charge is 0.124 e. The fraction of sp³-hybridized carbons (Fsp3) is 0.211. The van der Waals surface area contributed by atoms with Crippen LogP contribution in [0.3, 0.4) is 0 Å². The summed E-state index contributed by atoms with van der Waals surface area (Å²) in [6.07, 6.45) is 0. The second kappa shape index (κ2) is 7.51. The van der Waals surface area contributed by atoms with Crippen LogP contribution in [-0.4, -0.2) is 14.9 Å². The maximum absolute atomic E-state index is 9.23. The zero-order valence-corrected chi connectivity index (χ0v) is 14.2. The van der Waals surface area contributed by atoms with Crippen LogP contribution in [-0.2, 0) is 19.8 Å². The molecule has 4 nitrogen and oxygen atoms in total. The molecule has 0 aliphatic heterocycles. The van der Waals surface area contributed by atoms with Gasteiger partial charge in [-0.05, 0) is 36.8 Å². The van der Waals surface area contributed by atoms with Crippen LogP contribution in [0.4, 0.5) is 0 Å². The van der Waals surface area contributed by atoms with Crippen LogP contribution in [0.2, 0.25) is 5.02 Å². The van der Waals surface area contributed by atoms with Crippen molar-refractivity contribution in [2.45, 2.75) is 26.7 Å². The topological polar surface area (TPSA) is 47.3 Å². The molecule has 1 aromatic heterocycles. The first-order valence-electron chi connectivity index (χ1n) is 7.75. The highest BCUT2D eigenvalue weighted by molar-refractivity contribution is 6.30. The molecule has 0 unspecified atom stereocenters. The number of aryl methyl sites for hydroxylation is 1. The van der Waals surface area contributed by atoms with Crippen molar-refractivity contribution < 1.29 is 9.84 Å². The number of aromatic nitrogens is 2. The second-order valence-electron chi connectivity index (χ2n) is 5.62. The van der Waals surface area contributed by atoms with Gasteiger partial charge in [0.25, 0.3) is 0 Å². The van der Waals surface area contributed by atoms with E-state index in [0.717, 1.165) is 22.6 Å². The number of ether oxygens (including phenoxy) is 1. The number of rotatable bonds is 6. The van der Waals surface area contributed by atoms with Gasteiger partial charge in [-0.25, -0.2) is 0 Å². The van der Waals surface area contributed by atoms with E-state index in [4.69, 9.17) is 16.3 Å². The molecule has 1 N–H and O–H groups in total. The van der Waals surface area contributed by atoms with Gasteiger partial charge in [-0.2, -0.15) is 5.10 Å². The molecule has 0 saturated carbocycles. The maximum Gasteiger partial charge on any atom is 0.124 e. The van der Waals surface area contributed by atoms with E-state index >= 15 is 0 Å². The molecule has 124 valence electrons. The normalized spacial score (nSPS) is 10.8. The summed E-state index contributed by atoms with van der Waals surface area (Å²) in [5.74, 6) is 0.781. The van der Waals surface area contributed by atoms with Crippen molar-refractivity contribution in [3.63, 3.8) is 0 Å². The summed E-state index contributed by atoms with van der Waals surface area (Å²) in [7, 11) is 0. The minimum atomic E-state index is -0.0687. The highest BCUT2D eigenvalue weighted by atomic mass is 35.5. The van der Waals surface area contributed by atoms with Crippen molar-refractivity contribution in [3.05, 3.63) is 82.1 Å². The van der Waals surface area contributed by atoms with Crippen molar-refractivity contribution in [2.24, 2.45) is 0 Å². The van der Waals surface area contributed by atoms with Crippen LogP contribution < -0.4 is 4.74 Å². The van der Waals surface area contributed by atoms with E-state index in [1.807, 2.05) is 66.2 Å². The molecular weight excluding hydrogens is 324 g/mol. The molecule has 2 aromatic carbocycles. The molecule has 0 fully saturated rings. The molecular formula is C19H19ClN2O2. The average Bonchev–Trinajstić information content (AvgIpc) is 2.95. The van der Waals surface area contributed by atoms with Gasteiger partial charge in [0.05, 0.1) is 18.8 Å². The summed E-state index contributed by atoms with van der Waals surface area (Å²) >= 11 is 6.15. The quantitative estimate of drug-likeness (QED) is 0.737. The molecule has 0 atom stereocenters. The zero-order valence-electron chi connectivity index (χ0n) is 13.4. The maximum atomic E-state index is 9.23. The first-order chi connectivity index (χ1) is 11.7. The number of hydrogen-bond donors (Lipinski definition) is 1. The van der Waals surface area contributed by atoms with E-state index in [0.29, 0.717) is 23.9 Å². The van der Waals surface area contributed by atoms with Gasteiger partial charge in [-0.15, -0.1) is 0 Å². The molecule has 0 bridgehead atoms. The zero-order chi connectivity index (χ0) is 16.9. The Morgan fingerprint density at radius 2 is 1.92 bits per heavy atom. The van der Waals surface area contributed by atoms with Crippen LogP contribution in [0, 0.1) is 6.92 Å². The molecule has 1 heterocycles. The third-order valence-electron chi connectivity index (χ3n) is 3.77. The van der Waals surface area contributed by atoms with Crippen LogP contribution in [0.15, 0.2) is 54.6 Å². The van der Waals surface area contributed by atoms with Crippen molar-refractivity contribution in [3.8, 4) is 5.75 Å². The number of aliphatic hydroxyl groups excluding tert-OH is 1. The number of hydrogen-bond acceptors (Lipinski definition) is 3. The Balaban J connectivity index is 1.81. The second-order valence-corrected chi connectivity index (χ2v) is 6.06. The average molecular weight is 343 g/mol. The summed E-state index contributed by atoms with van der Waals surface area (Å²) < 4.78 is 7.81. The Bertz CT molecular complexity index is 815. The van der Waals surface area contributed by atoms with Crippen molar-refractivity contribution in [1.29, 1.82) is 0 Å². The van der Waals surface area contributed by atoms with Crippen LogP contribution in [0.25, 0.3) is 0 Å².